The molecule has 11 aromatic rings. The van der Waals surface area contributed by atoms with Crippen molar-refractivity contribution in [1.29, 1.82) is 0 Å². The van der Waals surface area contributed by atoms with Crippen molar-refractivity contribution in [3.8, 4) is 56.7 Å². The molecule has 0 bridgehead atoms. The van der Waals surface area contributed by atoms with Crippen LogP contribution in [0.4, 0.5) is 0 Å². The van der Waals surface area contributed by atoms with Gasteiger partial charge in [0.2, 0.25) is 5.95 Å². The van der Waals surface area contributed by atoms with Crippen molar-refractivity contribution in [2.24, 2.45) is 0 Å². The maximum absolute atomic E-state index is 5.11. The van der Waals surface area contributed by atoms with Gasteiger partial charge in [0, 0.05) is 38.4 Å². The molecule has 3 heterocycles. The number of nitrogens with zero attached hydrogens (tertiary/aromatic N) is 5. The fourth-order valence-electron chi connectivity index (χ4n) is 8.13. The summed E-state index contributed by atoms with van der Waals surface area (Å²) >= 11 is 0. The lowest BCUT2D eigenvalue weighted by atomic mass is 9.99. The van der Waals surface area contributed by atoms with E-state index in [1.807, 2.05) is 60.7 Å². The summed E-state index contributed by atoms with van der Waals surface area (Å²) in [5.41, 5.74) is 12.2. The summed E-state index contributed by atoms with van der Waals surface area (Å²) < 4.78 is 4.55. The van der Waals surface area contributed by atoms with Crippen LogP contribution >= 0.6 is 0 Å². The van der Waals surface area contributed by atoms with Gasteiger partial charge >= 0.3 is 0 Å². The van der Waals surface area contributed by atoms with Crippen LogP contribution in [0.2, 0.25) is 0 Å². The van der Waals surface area contributed by atoms with Crippen LogP contribution < -0.4 is 0 Å². The first-order valence-electron chi connectivity index (χ1n) is 18.9. The number of fused-ring (bicyclic) bond motifs is 6. The van der Waals surface area contributed by atoms with E-state index in [1.165, 1.54) is 32.9 Å². The third-order valence-corrected chi connectivity index (χ3v) is 10.8. The summed E-state index contributed by atoms with van der Waals surface area (Å²) in [6.45, 7) is 0. The normalized spacial score (nSPS) is 11.6. The lowest BCUT2D eigenvalue weighted by Gasteiger charge is -2.11. The molecule has 262 valence electrons. The lowest BCUT2D eigenvalue weighted by molar-refractivity contribution is 0.953. The molecule has 0 radical (unpaired) electrons. The molecule has 8 aromatic carbocycles. The van der Waals surface area contributed by atoms with Gasteiger partial charge in [-0.15, -0.1) is 0 Å². The minimum Gasteiger partial charge on any atom is -0.309 e. The quantitative estimate of drug-likeness (QED) is 0.172. The highest BCUT2D eigenvalue weighted by Gasteiger charge is 2.19. The first-order chi connectivity index (χ1) is 27.8. The predicted octanol–water partition coefficient (Wildman–Crippen LogP) is 12.7. The Morgan fingerprint density at radius 2 is 0.661 bits per heavy atom. The van der Waals surface area contributed by atoms with Gasteiger partial charge in [-0.05, 0) is 76.9 Å². The van der Waals surface area contributed by atoms with Gasteiger partial charge in [-0.2, -0.15) is 9.97 Å². The van der Waals surface area contributed by atoms with Gasteiger partial charge in [0.25, 0.3) is 0 Å². The average molecular weight is 716 g/mol. The van der Waals surface area contributed by atoms with E-state index >= 15 is 0 Å². The van der Waals surface area contributed by atoms with Gasteiger partial charge in [-0.1, -0.05) is 146 Å². The number of rotatable bonds is 6. The smallest absolute Gasteiger partial charge is 0.238 e. The van der Waals surface area contributed by atoms with E-state index in [2.05, 4.69) is 149 Å². The van der Waals surface area contributed by atoms with Gasteiger partial charge in [-0.3, -0.25) is 4.57 Å². The number of aromatic nitrogens is 5. The van der Waals surface area contributed by atoms with Gasteiger partial charge in [0.1, 0.15) is 0 Å². The molecule has 0 atom stereocenters. The predicted molar refractivity (Wildman–Crippen MR) is 230 cm³/mol. The van der Waals surface area contributed by atoms with E-state index in [4.69, 9.17) is 15.0 Å². The van der Waals surface area contributed by atoms with Crippen molar-refractivity contribution in [2.75, 3.05) is 0 Å². The minimum atomic E-state index is 0.584. The molecule has 3 aromatic heterocycles. The summed E-state index contributed by atoms with van der Waals surface area (Å²) in [4.78, 5) is 15.2. The molecule has 0 aliphatic rings. The van der Waals surface area contributed by atoms with Crippen molar-refractivity contribution >= 4 is 43.6 Å². The third-order valence-electron chi connectivity index (χ3n) is 10.8. The van der Waals surface area contributed by atoms with Crippen LogP contribution in [0.15, 0.2) is 200 Å². The maximum atomic E-state index is 5.11. The Labute approximate surface area is 323 Å². The number of hydrogen-bond acceptors (Lipinski definition) is 3. The standard InChI is InChI=1S/C51H33N5/c1-5-15-34(16-6-1)37-25-28-46-43(31-37)44-33-39(26-29-47(44)55(46)40-21-11-4-12-22-40)38-27-30-48-42(32-38)41-23-13-14-24-45(41)56(48)51-53-49(35-17-7-2-8-18-35)52-50(54-51)36-19-9-3-10-20-36/h1-33H. The van der Waals surface area contributed by atoms with Crippen molar-refractivity contribution in [3.63, 3.8) is 0 Å². The molecule has 0 aliphatic carbocycles. The molecule has 5 heteroatoms. The summed E-state index contributed by atoms with van der Waals surface area (Å²) in [6.07, 6.45) is 0. The maximum Gasteiger partial charge on any atom is 0.238 e. The first kappa shape index (κ1) is 31.9. The van der Waals surface area contributed by atoms with Crippen molar-refractivity contribution in [1.82, 2.24) is 24.1 Å². The number of benzene rings is 8. The van der Waals surface area contributed by atoms with E-state index in [9.17, 15) is 0 Å². The largest absolute Gasteiger partial charge is 0.309 e. The fourth-order valence-corrected chi connectivity index (χ4v) is 8.13. The number of hydrogen-bond donors (Lipinski definition) is 0. The molecule has 0 aliphatic heterocycles. The summed E-state index contributed by atoms with van der Waals surface area (Å²) in [6, 6.07) is 70.5. The van der Waals surface area contributed by atoms with Crippen molar-refractivity contribution in [2.45, 2.75) is 0 Å². The molecule has 0 saturated carbocycles. The SMILES string of the molecule is c1ccc(-c2ccc3c(c2)c2cc(-c4ccc5c(c4)c4ccccc4n5-c4nc(-c5ccccc5)nc(-c5ccccc5)n4)ccc2n3-c2ccccc2)cc1. The summed E-state index contributed by atoms with van der Waals surface area (Å²) in [5, 5.41) is 4.72. The second kappa shape index (κ2) is 13.0. The van der Waals surface area contributed by atoms with Crippen LogP contribution in [0.1, 0.15) is 0 Å². The molecule has 56 heavy (non-hydrogen) atoms. The zero-order chi connectivity index (χ0) is 37.0. The second-order valence-electron chi connectivity index (χ2n) is 14.1. The van der Waals surface area contributed by atoms with Crippen molar-refractivity contribution < 1.29 is 0 Å². The van der Waals surface area contributed by atoms with Crippen LogP contribution in [0.5, 0.6) is 0 Å². The third kappa shape index (κ3) is 5.29. The molecule has 0 amide bonds. The lowest BCUT2D eigenvalue weighted by Crippen LogP contribution is -2.06. The molecule has 0 spiro atoms. The van der Waals surface area contributed by atoms with Crippen LogP contribution in [0, 0.1) is 0 Å². The van der Waals surface area contributed by atoms with Crippen molar-refractivity contribution in [3.05, 3.63) is 200 Å². The van der Waals surface area contributed by atoms with Crippen LogP contribution in [0.25, 0.3) is 100 Å². The fraction of sp³-hybridized carbons (Fsp3) is 0. The molecule has 0 fully saturated rings. The van der Waals surface area contributed by atoms with E-state index in [-0.39, 0.29) is 0 Å². The Balaban J connectivity index is 1.11. The van der Waals surface area contributed by atoms with Gasteiger partial charge in [0.05, 0.1) is 22.1 Å². The van der Waals surface area contributed by atoms with E-state index in [1.54, 1.807) is 0 Å². The molecule has 0 saturated heterocycles. The molecule has 11 rings (SSSR count). The Morgan fingerprint density at radius 1 is 0.268 bits per heavy atom. The van der Waals surface area contributed by atoms with Gasteiger partial charge in [-0.25, -0.2) is 4.98 Å². The summed E-state index contributed by atoms with van der Waals surface area (Å²) in [5.74, 6) is 1.85. The van der Waals surface area contributed by atoms with Gasteiger partial charge < -0.3 is 4.57 Å². The second-order valence-corrected chi connectivity index (χ2v) is 14.1. The average Bonchev–Trinajstić information content (AvgIpc) is 3.79. The molecular weight excluding hydrogens is 683 g/mol. The van der Waals surface area contributed by atoms with Crippen LogP contribution in [-0.4, -0.2) is 24.1 Å². The Kier molecular flexibility index (Phi) is 7.42. The summed E-state index contributed by atoms with van der Waals surface area (Å²) in [7, 11) is 0. The Bertz CT molecular complexity index is 3160. The van der Waals surface area contributed by atoms with E-state index in [0.717, 1.165) is 49.7 Å². The van der Waals surface area contributed by atoms with E-state index in [0.29, 0.717) is 17.6 Å². The Morgan fingerprint density at radius 3 is 1.20 bits per heavy atom. The monoisotopic (exact) mass is 715 g/mol. The van der Waals surface area contributed by atoms with Crippen LogP contribution in [0.3, 0.4) is 0 Å². The molecule has 0 N–H and O–H groups in total. The van der Waals surface area contributed by atoms with Gasteiger partial charge in [0.15, 0.2) is 11.6 Å². The highest BCUT2D eigenvalue weighted by atomic mass is 15.2. The zero-order valence-electron chi connectivity index (χ0n) is 30.3. The van der Waals surface area contributed by atoms with E-state index < -0.39 is 0 Å². The number of para-hydroxylation sites is 2. The topological polar surface area (TPSA) is 48.5 Å². The molecular formula is C51H33N5. The highest BCUT2D eigenvalue weighted by Crippen LogP contribution is 2.39. The first-order valence-corrected chi connectivity index (χ1v) is 18.9. The minimum absolute atomic E-state index is 0.584. The Hall–Kier alpha value is -7.63. The zero-order valence-corrected chi connectivity index (χ0v) is 30.3. The molecule has 0 unspecified atom stereocenters. The highest BCUT2D eigenvalue weighted by molar-refractivity contribution is 6.13. The molecule has 5 nitrogen and oxygen atoms in total. The van der Waals surface area contributed by atoms with Crippen LogP contribution in [-0.2, 0) is 0 Å².